The predicted molar refractivity (Wildman–Crippen MR) is 125 cm³/mol. The maximum absolute atomic E-state index is 13.3. The standard InChI is InChI=1S/C24H27N3O3S/c1-3-26(18-10-5-4-6-11-18)22(28)17(2)31-24-25-21-14-8-7-13-20(21)23(29)27(24)16-19-12-9-15-30-19/h4-8,10-11,13-14,17,19H,3,9,12,15-16H2,1-2H3. The number of anilines is 1. The van der Waals surface area contributed by atoms with Gasteiger partial charge in [0, 0.05) is 18.8 Å². The minimum absolute atomic E-state index is 0.00230. The molecule has 1 aliphatic heterocycles. The quantitative estimate of drug-likeness (QED) is 0.411. The topological polar surface area (TPSA) is 64.4 Å². The van der Waals surface area contributed by atoms with E-state index in [9.17, 15) is 9.59 Å². The van der Waals surface area contributed by atoms with E-state index in [4.69, 9.17) is 9.72 Å². The van der Waals surface area contributed by atoms with Crippen molar-refractivity contribution in [3.8, 4) is 0 Å². The van der Waals surface area contributed by atoms with Crippen molar-refractivity contribution in [2.75, 3.05) is 18.1 Å². The van der Waals surface area contributed by atoms with E-state index in [1.807, 2.05) is 62.4 Å². The Morgan fingerprint density at radius 2 is 1.97 bits per heavy atom. The second kappa shape index (κ2) is 9.66. The van der Waals surface area contributed by atoms with Crippen LogP contribution in [0.15, 0.2) is 64.5 Å². The molecular formula is C24H27N3O3S. The highest BCUT2D eigenvalue weighted by molar-refractivity contribution is 8.00. The van der Waals surface area contributed by atoms with Gasteiger partial charge in [0.05, 0.1) is 28.8 Å². The highest BCUT2D eigenvalue weighted by Gasteiger charge is 2.26. The molecule has 0 spiro atoms. The van der Waals surface area contributed by atoms with Crippen LogP contribution in [-0.4, -0.2) is 40.0 Å². The van der Waals surface area contributed by atoms with Crippen molar-refractivity contribution in [1.29, 1.82) is 0 Å². The summed E-state index contributed by atoms with van der Waals surface area (Å²) in [6.07, 6.45) is 1.93. The van der Waals surface area contributed by atoms with Gasteiger partial charge in [-0.3, -0.25) is 14.2 Å². The summed E-state index contributed by atoms with van der Waals surface area (Å²) >= 11 is 1.33. The molecule has 162 valence electrons. The molecule has 2 atom stereocenters. The van der Waals surface area contributed by atoms with Crippen molar-refractivity contribution in [2.45, 2.75) is 49.7 Å². The van der Waals surface area contributed by atoms with Crippen LogP contribution in [0.1, 0.15) is 26.7 Å². The number of rotatable bonds is 7. The van der Waals surface area contributed by atoms with Gasteiger partial charge in [-0.2, -0.15) is 0 Å². The SMILES string of the molecule is CCN(C(=O)C(C)Sc1nc2ccccc2c(=O)n1CC1CCCO1)c1ccccc1. The molecule has 31 heavy (non-hydrogen) atoms. The molecule has 6 nitrogen and oxygen atoms in total. The van der Waals surface area contributed by atoms with E-state index in [0.717, 1.165) is 25.1 Å². The number of ether oxygens (including phenoxy) is 1. The smallest absolute Gasteiger partial charge is 0.262 e. The summed E-state index contributed by atoms with van der Waals surface area (Å²) in [4.78, 5) is 33.0. The van der Waals surface area contributed by atoms with E-state index in [1.165, 1.54) is 11.8 Å². The van der Waals surface area contributed by atoms with Crippen molar-refractivity contribution >= 4 is 34.3 Å². The number of hydrogen-bond acceptors (Lipinski definition) is 5. The number of carbonyl (C=O) groups excluding carboxylic acids is 1. The molecular weight excluding hydrogens is 410 g/mol. The molecule has 2 aromatic carbocycles. The van der Waals surface area contributed by atoms with Gasteiger partial charge in [0.1, 0.15) is 0 Å². The summed E-state index contributed by atoms with van der Waals surface area (Å²) in [5.41, 5.74) is 1.43. The number of thioether (sulfide) groups is 1. The number of hydrogen-bond donors (Lipinski definition) is 0. The highest BCUT2D eigenvalue weighted by Crippen LogP contribution is 2.27. The van der Waals surface area contributed by atoms with E-state index in [0.29, 0.717) is 29.1 Å². The first kappa shape index (κ1) is 21.6. The number of nitrogens with zero attached hydrogens (tertiary/aromatic N) is 3. The molecule has 1 aliphatic rings. The molecule has 0 saturated carbocycles. The second-order valence-electron chi connectivity index (χ2n) is 7.64. The second-order valence-corrected chi connectivity index (χ2v) is 8.95. The molecule has 2 heterocycles. The van der Waals surface area contributed by atoms with Gasteiger partial charge in [-0.1, -0.05) is 42.1 Å². The lowest BCUT2D eigenvalue weighted by Gasteiger charge is -2.25. The monoisotopic (exact) mass is 437 g/mol. The lowest BCUT2D eigenvalue weighted by molar-refractivity contribution is -0.117. The van der Waals surface area contributed by atoms with Crippen LogP contribution < -0.4 is 10.5 Å². The van der Waals surface area contributed by atoms with Crippen LogP contribution in [0.4, 0.5) is 5.69 Å². The largest absolute Gasteiger partial charge is 0.376 e. The maximum Gasteiger partial charge on any atom is 0.262 e. The Kier molecular flexibility index (Phi) is 6.73. The van der Waals surface area contributed by atoms with E-state index in [-0.39, 0.29) is 17.6 Å². The molecule has 1 saturated heterocycles. The van der Waals surface area contributed by atoms with Crippen molar-refractivity contribution < 1.29 is 9.53 Å². The van der Waals surface area contributed by atoms with Gasteiger partial charge >= 0.3 is 0 Å². The number of benzene rings is 2. The summed E-state index contributed by atoms with van der Waals surface area (Å²) in [6, 6.07) is 17.0. The van der Waals surface area contributed by atoms with Crippen LogP contribution in [-0.2, 0) is 16.1 Å². The summed E-state index contributed by atoms with van der Waals surface area (Å²) in [5.74, 6) is -0.00947. The van der Waals surface area contributed by atoms with Crippen LogP contribution in [0.2, 0.25) is 0 Å². The normalized spacial score (nSPS) is 17.0. The summed E-state index contributed by atoms with van der Waals surface area (Å²) in [5, 5.41) is 0.747. The highest BCUT2D eigenvalue weighted by atomic mass is 32.2. The molecule has 1 amide bonds. The van der Waals surface area contributed by atoms with E-state index in [1.54, 1.807) is 15.5 Å². The molecule has 0 bridgehead atoms. The van der Waals surface area contributed by atoms with Gasteiger partial charge in [-0.05, 0) is 51.0 Å². The zero-order chi connectivity index (χ0) is 21.8. The number of amides is 1. The third kappa shape index (κ3) is 4.67. The number of aromatic nitrogens is 2. The average Bonchev–Trinajstić information content (AvgIpc) is 3.31. The molecule has 0 radical (unpaired) electrons. The molecule has 7 heteroatoms. The van der Waals surface area contributed by atoms with E-state index < -0.39 is 5.25 Å². The third-order valence-electron chi connectivity index (χ3n) is 5.52. The van der Waals surface area contributed by atoms with Crippen molar-refractivity contribution in [3.05, 3.63) is 65.0 Å². The van der Waals surface area contributed by atoms with Gasteiger partial charge in [-0.15, -0.1) is 0 Å². The Morgan fingerprint density at radius 1 is 1.23 bits per heavy atom. The third-order valence-corrected chi connectivity index (χ3v) is 6.59. The Balaban J connectivity index is 1.66. The van der Waals surface area contributed by atoms with Crippen LogP contribution >= 0.6 is 11.8 Å². The van der Waals surface area contributed by atoms with Gasteiger partial charge in [0.2, 0.25) is 5.91 Å². The Bertz CT molecular complexity index is 1110. The van der Waals surface area contributed by atoms with E-state index >= 15 is 0 Å². The fourth-order valence-electron chi connectivity index (χ4n) is 3.89. The lowest BCUT2D eigenvalue weighted by Crippen LogP contribution is -2.37. The number of fused-ring (bicyclic) bond motifs is 1. The Labute approximate surface area is 186 Å². The molecule has 3 aromatic rings. The minimum Gasteiger partial charge on any atom is -0.376 e. The molecule has 4 rings (SSSR count). The average molecular weight is 438 g/mol. The van der Waals surface area contributed by atoms with Gasteiger partial charge in [0.25, 0.3) is 5.56 Å². The van der Waals surface area contributed by atoms with Crippen molar-refractivity contribution in [3.63, 3.8) is 0 Å². The lowest BCUT2D eigenvalue weighted by atomic mass is 10.2. The van der Waals surface area contributed by atoms with Gasteiger partial charge in [-0.25, -0.2) is 4.98 Å². The first-order valence-corrected chi connectivity index (χ1v) is 11.6. The first-order valence-electron chi connectivity index (χ1n) is 10.7. The maximum atomic E-state index is 13.3. The fraction of sp³-hybridized carbons (Fsp3) is 0.375. The first-order chi connectivity index (χ1) is 15.1. The molecule has 0 N–H and O–H groups in total. The van der Waals surface area contributed by atoms with Crippen LogP contribution in [0.3, 0.4) is 0 Å². The van der Waals surface area contributed by atoms with E-state index in [2.05, 4.69) is 0 Å². The summed E-state index contributed by atoms with van der Waals surface area (Å²) in [6.45, 7) is 5.58. The molecule has 0 aliphatic carbocycles. The zero-order valence-corrected chi connectivity index (χ0v) is 18.7. The number of carbonyl (C=O) groups is 1. The number of para-hydroxylation sites is 2. The van der Waals surface area contributed by atoms with Crippen molar-refractivity contribution in [2.24, 2.45) is 0 Å². The van der Waals surface area contributed by atoms with Gasteiger partial charge in [0.15, 0.2) is 5.16 Å². The molecule has 1 fully saturated rings. The molecule has 1 aromatic heterocycles. The zero-order valence-electron chi connectivity index (χ0n) is 17.9. The minimum atomic E-state index is -0.399. The van der Waals surface area contributed by atoms with Crippen molar-refractivity contribution in [1.82, 2.24) is 9.55 Å². The van der Waals surface area contributed by atoms with Crippen LogP contribution in [0.25, 0.3) is 10.9 Å². The van der Waals surface area contributed by atoms with Gasteiger partial charge < -0.3 is 9.64 Å². The Hall–Kier alpha value is -2.64. The summed E-state index contributed by atoms with van der Waals surface area (Å²) in [7, 11) is 0. The Morgan fingerprint density at radius 3 is 2.68 bits per heavy atom. The summed E-state index contributed by atoms with van der Waals surface area (Å²) < 4.78 is 7.46. The molecule has 2 unspecified atom stereocenters. The fourth-order valence-corrected chi connectivity index (χ4v) is 4.87. The van der Waals surface area contributed by atoms with Crippen LogP contribution in [0, 0.1) is 0 Å². The predicted octanol–water partition coefficient (Wildman–Crippen LogP) is 4.11. The van der Waals surface area contributed by atoms with Crippen LogP contribution in [0.5, 0.6) is 0 Å².